The van der Waals surface area contributed by atoms with Gasteiger partial charge in [-0.05, 0) is 55.9 Å². The average Bonchev–Trinajstić information content (AvgIpc) is 3.62. The molecule has 0 radical (unpaired) electrons. The molecule has 3 unspecified atom stereocenters. The number of imidazole rings is 1. The van der Waals surface area contributed by atoms with Gasteiger partial charge in [0.1, 0.15) is 11.4 Å². The van der Waals surface area contributed by atoms with Crippen molar-refractivity contribution in [1.82, 2.24) is 29.9 Å². The van der Waals surface area contributed by atoms with Gasteiger partial charge < -0.3 is 14.2 Å². The molecule has 3 atom stereocenters. The van der Waals surface area contributed by atoms with E-state index in [2.05, 4.69) is 42.0 Å². The number of carbonyl (C=O) groups is 1. The fraction of sp³-hybridized carbons (Fsp3) is 0.360. The number of rotatable bonds is 6. The number of H-pyrrole nitrogens is 1. The standard InChI is InChI=1S/C25H26N6O2/c1-16-4-2-3-5-24(16)33-14-25(32)31-19-7-9-22(31)18(10-19)13-30-15-26-20-11-17(6-8-23(20)30)21-12-27-29-28-21/h2-6,8,11-12,15,18-19,22H,7,9-10,13-14H2,1H3,(H,27,28,29). The molecule has 8 nitrogen and oxygen atoms in total. The number of aromatic nitrogens is 5. The Balaban J connectivity index is 1.15. The fourth-order valence-corrected chi connectivity index (χ4v) is 5.59. The van der Waals surface area contributed by atoms with Crippen molar-refractivity contribution < 1.29 is 9.53 Å². The van der Waals surface area contributed by atoms with Crippen LogP contribution < -0.4 is 4.74 Å². The number of hydrogen-bond acceptors (Lipinski definition) is 5. The first-order valence-corrected chi connectivity index (χ1v) is 11.5. The molecule has 2 aliphatic heterocycles. The SMILES string of the molecule is Cc1ccccc1OCC(=O)N1C2CCC1C(Cn1cnc3cc(-c4cn[nH]n4)ccc31)C2. The van der Waals surface area contributed by atoms with Gasteiger partial charge in [-0.3, -0.25) is 4.79 Å². The zero-order valence-electron chi connectivity index (χ0n) is 18.5. The summed E-state index contributed by atoms with van der Waals surface area (Å²) in [5, 5.41) is 10.7. The lowest BCUT2D eigenvalue weighted by molar-refractivity contribution is -0.134. The third-order valence-corrected chi connectivity index (χ3v) is 7.16. The van der Waals surface area contributed by atoms with E-state index in [0.717, 1.165) is 59.4 Å². The summed E-state index contributed by atoms with van der Waals surface area (Å²) in [4.78, 5) is 19.8. The van der Waals surface area contributed by atoms with E-state index in [1.807, 2.05) is 43.6 Å². The first-order valence-electron chi connectivity index (χ1n) is 11.5. The molecule has 4 aromatic rings. The van der Waals surface area contributed by atoms with Gasteiger partial charge in [0.15, 0.2) is 6.61 Å². The predicted molar refractivity (Wildman–Crippen MR) is 124 cm³/mol. The highest BCUT2D eigenvalue weighted by Gasteiger charge is 2.48. The summed E-state index contributed by atoms with van der Waals surface area (Å²) in [5.41, 5.74) is 4.89. The number of para-hydroxylation sites is 1. The Morgan fingerprint density at radius 3 is 2.97 bits per heavy atom. The first kappa shape index (κ1) is 20.0. The van der Waals surface area contributed by atoms with Crippen LogP contribution in [0.15, 0.2) is 55.0 Å². The summed E-state index contributed by atoms with van der Waals surface area (Å²) in [7, 11) is 0. The van der Waals surface area contributed by atoms with Gasteiger partial charge in [-0.2, -0.15) is 15.4 Å². The molecule has 2 aromatic carbocycles. The summed E-state index contributed by atoms with van der Waals surface area (Å²) in [6, 6.07) is 14.6. The lowest BCUT2D eigenvalue weighted by atomic mass is 9.89. The number of hydrogen-bond donors (Lipinski definition) is 1. The van der Waals surface area contributed by atoms with Gasteiger partial charge in [-0.1, -0.05) is 24.3 Å². The molecule has 2 saturated heterocycles. The molecule has 4 heterocycles. The third-order valence-electron chi connectivity index (χ3n) is 7.16. The van der Waals surface area contributed by atoms with Crippen LogP contribution in [0.1, 0.15) is 24.8 Å². The molecule has 1 N–H and O–H groups in total. The van der Waals surface area contributed by atoms with Crippen molar-refractivity contribution in [2.24, 2.45) is 5.92 Å². The second-order valence-corrected chi connectivity index (χ2v) is 9.11. The maximum absolute atomic E-state index is 13.1. The lowest BCUT2D eigenvalue weighted by Crippen LogP contribution is -2.40. The Hall–Kier alpha value is -3.68. The van der Waals surface area contributed by atoms with E-state index in [0.29, 0.717) is 12.0 Å². The number of nitrogens with zero attached hydrogens (tertiary/aromatic N) is 5. The van der Waals surface area contributed by atoms with Gasteiger partial charge in [-0.15, -0.1) is 0 Å². The minimum atomic E-state index is 0.0981. The highest BCUT2D eigenvalue weighted by molar-refractivity contribution is 5.81. The number of ether oxygens (including phenoxy) is 1. The van der Waals surface area contributed by atoms with Crippen LogP contribution in [0.2, 0.25) is 0 Å². The number of amides is 1. The lowest BCUT2D eigenvalue weighted by Gasteiger charge is -2.25. The summed E-state index contributed by atoms with van der Waals surface area (Å²) in [6.45, 7) is 2.96. The van der Waals surface area contributed by atoms with Crippen LogP contribution in [0.5, 0.6) is 5.75 Å². The molecule has 0 spiro atoms. The van der Waals surface area contributed by atoms with Crippen LogP contribution in [-0.2, 0) is 11.3 Å². The Labute approximate surface area is 191 Å². The van der Waals surface area contributed by atoms with Crippen molar-refractivity contribution in [2.45, 2.75) is 44.8 Å². The molecule has 168 valence electrons. The largest absolute Gasteiger partial charge is 0.484 e. The average molecular weight is 443 g/mol. The van der Waals surface area contributed by atoms with E-state index >= 15 is 0 Å². The number of nitrogens with one attached hydrogen (secondary N) is 1. The molecule has 33 heavy (non-hydrogen) atoms. The molecule has 2 aliphatic rings. The van der Waals surface area contributed by atoms with Crippen molar-refractivity contribution in [3.63, 3.8) is 0 Å². The summed E-state index contributed by atoms with van der Waals surface area (Å²) in [5.74, 6) is 1.31. The van der Waals surface area contributed by atoms with Crippen molar-refractivity contribution in [1.29, 1.82) is 0 Å². The number of benzene rings is 2. The monoisotopic (exact) mass is 442 g/mol. The first-order chi connectivity index (χ1) is 16.2. The quantitative estimate of drug-likeness (QED) is 0.493. The van der Waals surface area contributed by atoms with Gasteiger partial charge in [-0.25, -0.2) is 4.98 Å². The summed E-state index contributed by atoms with van der Waals surface area (Å²) >= 11 is 0. The van der Waals surface area contributed by atoms with E-state index in [1.165, 1.54) is 0 Å². The number of carbonyl (C=O) groups excluding carboxylic acids is 1. The molecule has 2 aromatic heterocycles. The Kier molecular flexibility index (Phi) is 4.86. The maximum atomic E-state index is 13.1. The molecule has 2 bridgehead atoms. The van der Waals surface area contributed by atoms with Crippen molar-refractivity contribution in [3.8, 4) is 17.0 Å². The smallest absolute Gasteiger partial charge is 0.261 e. The molecule has 1 amide bonds. The van der Waals surface area contributed by atoms with Gasteiger partial charge >= 0.3 is 0 Å². The molecule has 8 heteroatoms. The van der Waals surface area contributed by atoms with Crippen LogP contribution in [0.4, 0.5) is 0 Å². The van der Waals surface area contributed by atoms with Crippen LogP contribution in [0, 0.1) is 12.8 Å². The number of aromatic amines is 1. The van der Waals surface area contributed by atoms with Crippen molar-refractivity contribution in [2.75, 3.05) is 6.61 Å². The summed E-state index contributed by atoms with van der Waals surface area (Å²) < 4.78 is 8.08. The van der Waals surface area contributed by atoms with E-state index in [9.17, 15) is 4.79 Å². The zero-order valence-corrected chi connectivity index (χ0v) is 18.5. The predicted octanol–water partition coefficient (Wildman–Crippen LogP) is 3.59. The highest BCUT2D eigenvalue weighted by Crippen LogP contribution is 2.42. The normalized spacial score (nSPS) is 21.7. The minimum absolute atomic E-state index is 0.0981. The van der Waals surface area contributed by atoms with E-state index in [-0.39, 0.29) is 18.6 Å². The highest BCUT2D eigenvalue weighted by atomic mass is 16.5. The van der Waals surface area contributed by atoms with Crippen molar-refractivity contribution >= 4 is 16.9 Å². The number of aryl methyl sites for hydroxylation is 1. The molecule has 0 aliphatic carbocycles. The number of fused-ring (bicyclic) bond motifs is 3. The molecule has 6 rings (SSSR count). The Morgan fingerprint density at radius 2 is 2.12 bits per heavy atom. The van der Waals surface area contributed by atoms with E-state index in [4.69, 9.17) is 4.74 Å². The minimum Gasteiger partial charge on any atom is -0.484 e. The topological polar surface area (TPSA) is 88.9 Å². The van der Waals surface area contributed by atoms with Gasteiger partial charge in [0, 0.05) is 24.2 Å². The molecular weight excluding hydrogens is 416 g/mol. The fourth-order valence-electron chi connectivity index (χ4n) is 5.59. The second-order valence-electron chi connectivity index (χ2n) is 9.11. The van der Waals surface area contributed by atoms with E-state index < -0.39 is 0 Å². The van der Waals surface area contributed by atoms with Crippen molar-refractivity contribution in [3.05, 3.63) is 60.6 Å². The molecule has 0 saturated carbocycles. The molecular formula is C25H26N6O2. The van der Waals surface area contributed by atoms with Gasteiger partial charge in [0.25, 0.3) is 5.91 Å². The van der Waals surface area contributed by atoms with Crippen LogP contribution in [-0.4, -0.2) is 54.5 Å². The van der Waals surface area contributed by atoms with Gasteiger partial charge in [0.2, 0.25) is 0 Å². The Morgan fingerprint density at radius 1 is 1.21 bits per heavy atom. The Bertz CT molecular complexity index is 1300. The third kappa shape index (κ3) is 3.55. The van der Waals surface area contributed by atoms with Crippen LogP contribution in [0.25, 0.3) is 22.3 Å². The van der Waals surface area contributed by atoms with Crippen LogP contribution in [0.3, 0.4) is 0 Å². The van der Waals surface area contributed by atoms with Crippen LogP contribution >= 0.6 is 0 Å². The van der Waals surface area contributed by atoms with Gasteiger partial charge in [0.05, 0.1) is 23.6 Å². The maximum Gasteiger partial charge on any atom is 0.261 e. The molecule has 2 fully saturated rings. The zero-order chi connectivity index (χ0) is 22.4. The van der Waals surface area contributed by atoms with E-state index in [1.54, 1.807) is 6.20 Å². The second kappa shape index (κ2) is 8.03. The summed E-state index contributed by atoms with van der Waals surface area (Å²) in [6.07, 6.45) is 6.81.